The molecule has 4 aromatic rings. The van der Waals surface area contributed by atoms with Crippen molar-refractivity contribution in [1.82, 2.24) is 19.5 Å². The highest BCUT2D eigenvalue weighted by Gasteiger charge is 2.38. The monoisotopic (exact) mass is 763 g/mol. The molecule has 4 fully saturated rings. The number of anilines is 2. The van der Waals surface area contributed by atoms with E-state index >= 15 is 4.39 Å². The number of carboxylic acids is 2. The Bertz CT molecular complexity index is 2340. The zero-order chi connectivity index (χ0) is 38.9. The third-order valence-corrected chi connectivity index (χ3v) is 11.5. The number of carbonyl (C=O) groups is 2. The van der Waals surface area contributed by atoms with Crippen molar-refractivity contribution in [3.8, 4) is 11.5 Å². The van der Waals surface area contributed by atoms with Crippen molar-refractivity contribution in [3.63, 3.8) is 0 Å². The van der Waals surface area contributed by atoms with Gasteiger partial charge in [0.05, 0.1) is 23.4 Å². The van der Waals surface area contributed by atoms with Gasteiger partial charge in [-0.1, -0.05) is 0 Å². The molecule has 0 radical (unpaired) electrons. The summed E-state index contributed by atoms with van der Waals surface area (Å²) in [6.45, 7) is 5.38. The summed E-state index contributed by atoms with van der Waals surface area (Å²) >= 11 is 0. The lowest BCUT2D eigenvalue weighted by Crippen LogP contribution is -2.46. The minimum absolute atomic E-state index is 0.00169. The average Bonchev–Trinajstić information content (AvgIpc) is 3.92. The Kier molecular flexibility index (Phi) is 9.31. The fourth-order valence-corrected chi connectivity index (χ4v) is 8.45. The summed E-state index contributed by atoms with van der Waals surface area (Å²) in [5.41, 5.74) is -0.548. The highest BCUT2D eigenvalue weighted by molar-refractivity contribution is 5.98. The number of nitrogens with one attached hydrogen (secondary N) is 1. The van der Waals surface area contributed by atoms with E-state index in [1.165, 1.54) is 25.6 Å². The topological polar surface area (TPSA) is 162 Å². The Morgan fingerprint density at radius 2 is 1.49 bits per heavy atom. The number of carboxylic acid groups (broad SMARTS) is 2. The smallest absolute Gasteiger partial charge is 0.341 e. The summed E-state index contributed by atoms with van der Waals surface area (Å²) in [6, 6.07) is 2.74. The molecule has 3 N–H and O–H groups in total. The van der Waals surface area contributed by atoms with E-state index in [2.05, 4.69) is 10.2 Å². The number of hydrogen-bond acceptors (Lipinski definition) is 11. The molecule has 3 saturated heterocycles. The molecule has 6 heterocycles. The number of methoxy groups -OCH3 is 1. The van der Waals surface area contributed by atoms with Crippen molar-refractivity contribution in [1.29, 1.82) is 0 Å². The molecular weight excluding hydrogens is 720 g/mol. The fourth-order valence-electron chi connectivity index (χ4n) is 8.45. The Hall–Kier alpha value is -5.42. The van der Waals surface area contributed by atoms with Crippen LogP contribution in [0.1, 0.15) is 52.4 Å². The first-order valence-electron chi connectivity index (χ1n) is 18.5. The minimum atomic E-state index is -1.34. The first-order chi connectivity index (χ1) is 26.4. The first kappa shape index (κ1) is 36.6. The van der Waals surface area contributed by atoms with Gasteiger partial charge in [-0.15, -0.1) is 0 Å². The third kappa shape index (κ3) is 6.28. The number of halogens is 2. The van der Waals surface area contributed by atoms with Crippen LogP contribution in [0.3, 0.4) is 0 Å². The van der Waals surface area contributed by atoms with Crippen LogP contribution in [0.2, 0.25) is 0 Å². The molecule has 9 rings (SSSR count). The number of nitrogens with zero attached hydrogens (tertiary/aromatic N) is 6. The zero-order valence-electron chi connectivity index (χ0n) is 30.8. The number of benzene rings is 2. The van der Waals surface area contributed by atoms with E-state index in [4.69, 9.17) is 9.47 Å². The number of rotatable bonds is 6. The lowest BCUT2D eigenvalue weighted by molar-refractivity contribution is 0.0684. The largest absolute Gasteiger partial charge is 0.492 e. The lowest BCUT2D eigenvalue weighted by Gasteiger charge is -2.37. The Balaban J connectivity index is 0.000000156. The van der Waals surface area contributed by atoms with Crippen LogP contribution in [0.15, 0.2) is 34.1 Å². The summed E-state index contributed by atoms with van der Waals surface area (Å²) in [6.07, 6.45) is 6.67. The maximum atomic E-state index is 15.3. The summed E-state index contributed by atoms with van der Waals surface area (Å²) in [5, 5.41) is 24.0. The first-order valence-corrected chi connectivity index (χ1v) is 18.5. The predicted octanol–water partition coefficient (Wildman–Crippen LogP) is 2.88. The molecule has 0 bridgehead atoms. The van der Waals surface area contributed by atoms with Crippen molar-refractivity contribution in [2.75, 3.05) is 88.6 Å². The summed E-state index contributed by atoms with van der Waals surface area (Å²) < 4.78 is 45.1. The fraction of sp³-hybridized carbons (Fsp3) is 0.474. The van der Waals surface area contributed by atoms with Crippen molar-refractivity contribution in [2.45, 2.75) is 37.8 Å². The van der Waals surface area contributed by atoms with Gasteiger partial charge in [-0.2, -0.15) is 0 Å². The normalized spacial score (nSPS) is 20.9. The van der Waals surface area contributed by atoms with E-state index in [1.54, 1.807) is 21.3 Å². The minimum Gasteiger partial charge on any atom is -0.492 e. The van der Waals surface area contributed by atoms with Crippen LogP contribution < -0.4 is 40.5 Å². The second-order valence-corrected chi connectivity index (χ2v) is 15.0. The number of hydrogen-bond donors (Lipinski definition) is 3. The number of likely N-dealkylation sites (N-methyl/N-ethyl adjacent to an activating group) is 1. The molecule has 5 aliphatic rings. The van der Waals surface area contributed by atoms with Crippen LogP contribution in [0.4, 0.5) is 20.2 Å². The number of pyridine rings is 2. The number of piperidine rings is 1. The molecule has 0 unspecified atom stereocenters. The molecule has 2 aromatic heterocycles. The van der Waals surface area contributed by atoms with Crippen LogP contribution in [0, 0.1) is 17.6 Å². The Morgan fingerprint density at radius 3 is 2.11 bits per heavy atom. The second kappa shape index (κ2) is 14.0. The van der Waals surface area contributed by atoms with E-state index in [9.17, 15) is 33.8 Å². The zero-order valence-corrected chi connectivity index (χ0v) is 30.8. The standard InChI is InChI=1S/C21H24FN3O4.C17H19FN4O4/c1-29-20-17-13(19(26)14(21(27)28)9-25(17)12-4-5-12)7-15(22)18(20)24-8-11-3-2-6-23-16(11)10-24;1-19-3-5-21(6-4-19)14-12(18)7-10-13-16(14)26-9-20(2)22(13)8-11(15(10)23)17(24)25/h7,9,11-12,16,23H,2-6,8,10H2,1H3,(H,27,28);7-8H,3-6,9H2,1-2H3,(H,24,25)/t11-,16+;/m0./s1. The molecule has 2 aromatic carbocycles. The van der Waals surface area contributed by atoms with Gasteiger partial charge in [-0.3, -0.25) is 19.3 Å². The summed E-state index contributed by atoms with van der Waals surface area (Å²) in [4.78, 5) is 54.4. The van der Waals surface area contributed by atoms with Crippen molar-refractivity contribution < 1.29 is 38.1 Å². The van der Waals surface area contributed by atoms with Crippen LogP contribution in [-0.4, -0.2) is 116 Å². The molecule has 1 aliphatic carbocycles. The molecule has 17 heteroatoms. The van der Waals surface area contributed by atoms with Gasteiger partial charge >= 0.3 is 11.9 Å². The molecular formula is C38H43F2N7O8. The highest BCUT2D eigenvalue weighted by atomic mass is 19.1. The van der Waals surface area contributed by atoms with Gasteiger partial charge in [0.2, 0.25) is 10.9 Å². The van der Waals surface area contributed by atoms with Gasteiger partial charge in [0.1, 0.15) is 28.0 Å². The van der Waals surface area contributed by atoms with Gasteiger partial charge in [-0.25, -0.2) is 18.4 Å². The quantitative estimate of drug-likeness (QED) is 0.263. The average molecular weight is 764 g/mol. The Morgan fingerprint density at radius 1 is 0.855 bits per heavy atom. The van der Waals surface area contributed by atoms with Crippen LogP contribution in [0.25, 0.3) is 21.8 Å². The SMILES string of the molecule is CN1CCN(c2c(F)cc3c(=O)c(C(=O)O)cn4c3c2OCN4C)CC1.COc1c(N2C[C@@H]3CCCN[C@@H]3C2)c(F)cc2c(=O)c(C(=O)O)cn(C3CC3)c12. The third-order valence-electron chi connectivity index (χ3n) is 11.5. The molecule has 292 valence electrons. The Labute approximate surface area is 313 Å². The van der Waals surface area contributed by atoms with Gasteiger partial charge in [0.15, 0.2) is 29.9 Å². The van der Waals surface area contributed by atoms with Crippen LogP contribution >= 0.6 is 0 Å². The molecule has 15 nitrogen and oxygen atoms in total. The van der Waals surface area contributed by atoms with Crippen molar-refractivity contribution >= 4 is 45.1 Å². The number of fused-ring (bicyclic) bond motifs is 2. The molecule has 2 atom stereocenters. The molecule has 0 amide bonds. The van der Waals surface area contributed by atoms with E-state index in [-0.39, 0.29) is 34.9 Å². The van der Waals surface area contributed by atoms with E-state index in [0.29, 0.717) is 59.8 Å². The lowest BCUT2D eigenvalue weighted by atomic mass is 9.94. The van der Waals surface area contributed by atoms with Gasteiger partial charge in [0, 0.05) is 70.8 Å². The van der Waals surface area contributed by atoms with Gasteiger partial charge in [0.25, 0.3) is 0 Å². The van der Waals surface area contributed by atoms with Gasteiger partial charge in [-0.05, 0) is 57.3 Å². The molecule has 1 saturated carbocycles. The number of ether oxygens (including phenoxy) is 2. The maximum absolute atomic E-state index is 15.3. The molecule has 4 aliphatic heterocycles. The van der Waals surface area contributed by atoms with Crippen LogP contribution in [-0.2, 0) is 0 Å². The van der Waals surface area contributed by atoms with E-state index in [1.807, 2.05) is 16.8 Å². The predicted molar refractivity (Wildman–Crippen MR) is 201 cm³/mol. The van der Waals surface area contributed by atoms with E-state index < -0.39 is 40.0 Å². The number of aromatic nitrogens is 2. The summed E-state index contributed by atoms with van der Waals surface area (Å²) in [5.74, 6) is -2.70. The number of piperazine rings is 1. The van der Waals surface area contributed by atoms with Crippen molar-refractivity contribution in [2.24, 2.45) is 5.92 Å². The van der Waals surface area contributed by atoms with Crippen molar-refractivity contribution in [3.05, 3.63) is 67.7 Å². The number of aromatic carboxylic acids is 2. The van der Waals surface area contributed by atoms with E-state index in [0.717, 1.165) is 57.9 Å². The highest BCUT2D eigenvalue weighted by Crippen LogP contribution is 2.45. The molecule has 0 spiro atoms. The van der Waals surface area contributed by atoms with Crippen LogP contribution in [0.5, 0.6) is 11.5 Å². The molecule has 55 heavy (non-hydrogen) atoms. The maximum Gasteiger partial charge on any atom is 0.341 e. The summed E-state index contributed by atoms with van der Waals surface area (Å²) in [7, 11) is 5.19. The second-order valence-electron chi connectivity index (χ2n) is 15.0. The van der Waals surface area contributed by atoms with Gasteiger partial charge < -0.3 is 44.3 Å².